The summed E-state index contributed by atoms with van der Waals surface area (Å²) in [7, 11) is 0. The summed E-state index contributed by atoms with van der Waals surface area (Å²) in [5.41, 5.74) is 4.38. The number of unbranched alkanes of at least 4 members (excludes halogenated alkanes) is 1. The average molecular weight is 392 g/mol. The van der Waals surface area contributed by atoms with Crippen LogP contribution in [-0.2, 0) is 0 Å². The molecule has 28 heavy (non-hydrogen) atoms. The maximum Gasteiger partial charge on any atom is 0.231 e. The molecule has 0 spiro atoms. The van der Waals surface area contributed by atoms with Crippen LogP contribution in [0.2, 0.25) is 0 Å². The Bertz CT molecular complexity index is 1080. The van der Waals surface area contributed by atoms with Gasteiger partial charge < -0.3 is 9.84 Å². The van der Waals surface area contributed by atoms with E-state index in [1.165, 1.54) is 11.3 Å². The number of nitriles is 1. The quantitative estimate of drug-likeness (QED) is 0.474. The number of aliphatic imine (C=N–C) groups is 1. The lowest BCUT2D eigenvalue weighted by Crippen LogP contribution is -2.05. The van der Waals surface area contributed by atoms with E-state index in [2.05, 4.69) is 23.0 Å². The number of nitrogens with zero attached hydrogens (tertiary/aromatic N) is 4. The zero-order valence-electron chi connectivity index (χ0n) is 15.6. The van der Waals surface area contributed by atoms with Crippen LogP contribution >= 0.6 is 11.3 Å². The molecule has 7 heteroatoms. The van der Waals surface area contributed by atoms with Crippen LogP contribution in [-0.4, -0.2) is 33.4 Å². The third kappa shape index (κ3) is 3.69. The molecule has 1 N–H and O–H groups in total. The zero-order valence-corrected chi connectivity index (χ0v) is 16.4. The third-order valence-electron chi connectivity index (χ3n) is 4.58. The normalized spacial score (nSPS) is 14.2. The Hall–Kier alpha value is -2.98. The molecule has 3 aromatic rings. The molecule has 0 aliphatic heterocycles. The van der Waals surface area contributed by atoms with Gasteiger partial charge in [0, 0.05) is 17.1 Å². The minimum absolute atomic E-state index is 0.00665. The van der Waals surface area contributed by atoms with Gasteiger partial charge >= 0.3 is 0 Å². The number of ether oxygens (including phenoxy) is 1. The highest BCUT2D eigenvalue weighted by Gasteiger charge is 2.24. The van der Waals surface area contributed by atoms with E-state index >= 15 is 0 Å². The van der Waals surface area contributed by atoms with Gasteiger partial charge in [-0.25, -0.2) is 4.98 Å². The molecule has 0 atom stereocenters. The van der Waals surface area contributed by atoms with Crippen molar-refractivity contribution in [2.45, 2.75) is 38.6 Å². The standard InChI is InChI=1S/C21H20N4O2S/c1-2-3-8-27-19-14(10-22)11-23-17-7-4-13(9-16(17)19)18(25-15-5-6-15)20-21(26)24-12-28-20/h4,7,9,11-12,15,26H,2-3,5-6,8H2,1H3. The van der Waals surface area contributed by atoms with Crippen molar-refractivity contribution in [2.24, 2.45) is 4.99 Å². The van der Waals surface area contributed by atoms with Crippen LogP contribution < -0.4 is 4.74 Å². The molecule has 142 valence electrons. The van der Waals surface area contributed by atoms with Crippen LogP contribution in [0.5, 0.6) is 11.6 Å². The second-order valence-electron chi connectivity index (χ2n) is 6.76. The molecule has 1 aliphatic rings. The molecule has 1 aromatic carbocycles. The predicted octanol–water partition coefficient (Wildman–Crippen LogP) is 4.45. The first-order valence-corrected chi connectivity index (χ1v) is 10.3. The van der Waals surface area contributed by atoms with E-state index in [9.17, 15) is 10.4 Å². The van der Waals surface area contributed by atoms with Gasteiger partial charge in [-0.1, -0.05) is 19.4 Å². The van der Waals surface area contributed by atoms with E-state index in [1.54, 1.807) is 11.7 Å². The average Bonchev–Trinajstić information content (AvgIpc) is 3.44. The molecule has 0 bridgehead atoms. The highest BCUT2D eigenvalue weighted by atomic mass is 32.1. The minimum atomic E-state index is -0.00665. The molecule has 0 amide bonds. The van der Waals surface area contributed by atoms with Gasteiger partial charge in [-0.15, -0.1) is 11.3 Å². The van der Waals surface area contributed by atoms with Gasteiger partial charge in [0.2, 0.25) is 5.88 Å². The lowest BCUT2D eigenvalue weighted by atomic mass is 10.0. The number of hydrogen-bond acceptors (Lipinski definition) is 7. The molecule has 1 fully saturated rings. The van der Waals surface area contributed by atoms with Gasteiger partial charge in [0.05, 0.1) is 29.4 Å². The maximum atomic E-state index is 10.1. The summed E-state index contributed by atoms with van der Waals surface area (Å²) in [6.07, 6.45) is 5.60. The molecular formula is C21H20N4O2S. The fraction of sp³-hybridized carbons (Fsp3) is 0.333. The smallest absolute Gasteiger partial charge is 0.231 e. The highest BCUT2D eigenvalue weighted by Crippen LogP contribution is 2.33. The lowest BCUT2D eigenvalue weighted by molar-refractivity contribution is 0.312. The number of benzene rings is 1. The molecule has 2 heterocycles. The lowest BCUT2D eigenvalue weighted by Gasteiger charge is -2.12. The first-order valence-electron chi connectivity index (χ1n) is 9.38. The van der Waals surface area contributed by atoms with Crippen molar-refractivity contribution >= 4 is 28.0 Å². The molecule has 1 aliphatic carbocycles. The molecule has 1 saturated carbocycles. The summed E-state index contributed by atoms with van der Waals surface area (Å²) in [6.45, 7) is 2.65. The Kier molecular flexibility index (Phi) is 5.22. The van der Waals surface area contributed by atoms with Crippen molar-refractivity contribution in [1.82, 2.24) is 9.97 Å². The summed E-state index contributed by atoms with van der Waals surface area (Å²) < 4.78 is 5.96. The Labute approximate surface area is 167 Å². The zero-order chi connectivity index (χ0) is 19.5. The summed E-state index contributed by atoms with van der Waals surface area (Å²) >= 11 is 1.37. The van der Waals surface area contributed by atoms with Crippen molar-refractivity contribution < 1.29 is 9.84 Å². The minimum Gasteiger partial charge on any atom is -0.492 e. The van der Waals surface area contributed by atoms with Crippen LogP contribution in [0.1, 0.15) is 48.6 Å². The molecule has 0 radical (unpaired) electrons. The first-order chi connectivity index (χ1) is 13.7. The van der Waals surface area contributed by atoms with E-state index < -0.39 is 0 Å². The van der Waals surface area contributed by atoms with Crippen molar-refractivity contribution in [3.05, 3.63) is 45.9 Å². The molecule has 0 saturated heterocycles. The third-order valence-corrected chi connectivity index (χ3v) is 5.40. The van der Waals surface area contributed by atoms with Crippen LogP contribution in [0.3, 0.4) is 0 Å². The van der Waals surface area contributed by atoms with Crippen molar-refractivity contribution in [3.63, 3.8) is 0 Å². The van der Waals surface area contributed by atoms with Gasteiger partial charge in [0.1, 0.15) is 22.3 Å². The Morgan fingerprint density at radius 1 is 1.39 bits per heavy atom. The van der Waals surface area contributed by atoms with Crippen LogP contribution in [0.15, 0.2) is 34.9 Å². The Balaban J connectivity index is 1.84. The van der Waals surface area contributed by atoms with Gasteiger partial charge in [-0.3, -0.25) is 9.98 Å². The monoisotopic (exact) mass is 392 g/mol. The van der Waals surface area contributed by atoms with Gasteiger partial charge in [-0.2, -0.15) is 5.26 Å². The highest BCUT2D eigenvalue weighted by molar-refractivity contribution is 7.12. The SMILES string of the molecule is CCCCOc1c(C#N)cnc2ccc(C(=NC3CC3)c3scnc3O)cc12. The van der Waals surface area contributed by atoms with Gasteiger partial charge in [0.15, 0.2) is 0 Å². The Morgan fingerprint density at radius 2 is 2.25 bits per heavy atom. The Morgan fingerprint density at radius 3 is 2.93 bits per heavy atom. The maximum absolute atomic E-state index is 10.1. The number of pyridine rings is 1. The van der Waals surface area contributed by atoms with Crippen LogP contribution in [0.4, 0.5) is 0 Å². The second kappa shape index (κ2) is 7.95. The predicted molar refractivity (Wildman–Crippen MR) is 109 cm³/mol. The fourth-order valence-corrected chi connectivity index (χ4v) is 3.62. The fourth-order valence-electron chi connectivity index (χ4n) is 2.92. The van der Waals surface area contributed by atoms with Gasteiger partial charge in [-0.05, 0) is 31.4 Å². The topological polar surface area (TPSA) is 91.4 Å². The van der Waals surface area contributed by atoms with E-state index in [4.69, 9.17) is 9.73 Å². The first kappa shape index (κ1) is 18.4. The number of fused-ring (bicyclic) bond motifs is 1. The second-order valence-corrected chi connectivity index (χ2v) is 7.62. The molecule has 0 unspecified atom stereocenters. The number of thiazole rings is 1. The van der Waals surface area contributed by atoms with Crippen molar-refractivity contribution in [2.75, 3.05) is 6.61 Å². The summed E-state index contributed by atoms with van der Waals surface area (Å²) in [6, 6.07) is 8.26. The molecule has 4 rings (SSSR count). The number of aromatic nitrogens is 2. The summed E-state index contributed by atoms with van der Waals surface area (Å²) in [4.78, 5) is 13.8. The van der Waals surface area contributed by atoms with Crippen LogP contribution in [0.25, 0.3) is 10.9 Å². The summed E-state index contributed by atoms with van der Waals surface area (Å²) in [5, 5.41) is 20.4. The van der Waals surface area contributed by atoms with E-state index in [-0.39, 0.29) is 11.9 Å². The van der Waals surface area contributed by atoms with Crippen molar-refractivity contribution in [1.29, 1.82) is 5.26 Å². The van der Waals surface area contributed by atoms with E-state index in [1.807, 2.05) is 18.2 Å². The number of hydrogen-bond donors (Lipinski definition) is 1. The summed E-state index contributed by atoms with van der Waals surface area (Å²) in [5.74, 6) is 0.551. The van der Waals surface area contributed by atoms with E-state index in [0.717, 1.165) is 47.9 Å². The van der Waals surface area contributed by atoms with Crippen LogP contribution in [0, 0.1) is 11.3 Å². The van der Waals surface area contributed by atoms with Gasteiger partial charge in [0.25, 0.3) is 0 Å². The van der Waals surface area contributed by atoms with Crippen molar-refractivity contribution in [3.8, 4) is 17.7 Å². The number of aromatic hydroxyl groups is 1. The molecule has 6 nitrogen and oxygen atoms in total. The number of rotatable bonds is 7. The molecular weight excluding hydrogens is 372 g/mol. The molecule has 2 aromatic heterocycles. The van der Waals surface area contributed by atoms with E-state index in [0.29, 0.717) is 22.8 Å². The largest absolute Gasteiger partial charge is 0.492 e.